The zero-order valence-corrected chi connectivity index (χ0v) is 16.4. The van der Waals surface area contributed by atoms with E-state index in [9.17, 15) is 9.59 Å². The number of nitrogens with one attached hydrogen (secondary N) is 2. The number of ether oxygens (including phenoxy) is 1. The van der Waals surface area contributed by atoms with Crippen molar-refractivity contribution in [3.63, 3.8) is 0 Å². The Labute approximate surface area is 168 Å². The summed E-state index contributed by atoms with van der Waals surface area (Å²) < 4.78 is 10.6. The van der Waals surface area contributed by atoms with Crippen molar-refractivity contribution in [2.45, 2.75) is 25.8 Å². The number of pyridine rings is 1. The van der Waals surface area contributed by atoms with E-state index in [1.54, 1.807) is 36.8 Å². The van der Waals surface area contributed by atoms with Crippen LogP contribution in [0.2, 0.25) is 0 Å². The van der Waals surface area contributed by atoms with Gasteiger partial charge in [-0.25, -0.2) is 4.98 Å². The van der Waals surface area contributed by atoms with Crippen LogP contribution in [0.25, 0.3) is 11.3 Å². The van der Waals surface area contributed by atoms with E-state index >= 15 is 0 Å². The first kappa shape index (κ1) is 20.1. The first-order chi connectivity index (χ1) is 13.9. The standard InChI is InChI=1S/C21H22N4O4/c1-21(2,10-14-5-4-8-22-11-14)25-20(27)19(26)24-15-6-7-16(17(9-15)28-3)18-12-23-13-29-18/h4-9,11-13H,10H2,1-3H3,(H,24,26)(H,25,27). The van der Waals surface area contributed by atoms with E-state index in [0.717, 1.165) is 5.56 Å². The van der Waals surface area contributed by atoms with Crippen LogP contribution in [0.5, 0.6) is 5.75 Å². The SMILES string of the molecule is COc1cc(NC(=O)C(=O)NC(C)(C)Cc2cccnc2)ccc1-c1cnco1. The smallest absolute Gasteiger partial charge is 0.313 e. The van der Waals surface area contributed by atoms with Gasteiger partial charge in [0.2, 0.25) is 0 Å². The molecule has 8 heteroatoms. The fraction of sp³-hybridized carbons (Fsp3) is 0.238. The molecule has 0 spiro atoms. The number of nitrogens with zero attached hydrogens (tertiary/aromatic N) is 2. The number of rotatable bonds is 6. The van der Waals surface area contributed by atoms with Gasteiger partial charge in [0, 0.05) is 29.7 Å². The van der Waals surface area contributed by atoms with Gasteiger partial charge in [-0.15, -0.1) is 0 Å². The van der Waals surface area contributed by atoms with Crippen molar-refractivity contribution in [1.82, 2.24) is 15.3 Å². The second-order valence-electron chi connectivity index (χ2n) is 7.11. The highest BCUT2D eigenvalue weighted by molar-refractivity contribution is 6.39. The van der Waals surface area contributed by atoms with Gasteiger partial charge in [0.1, 0.15) is 5.75 Å². The van der Waals surface area contributed by atoms with Crippen LogP contribution >= 0.6 is 0 Å². The third-order valence-corrected chi connectivity index (χ3v) is 4.18. The number of anilines is 1. The van der Waals surface area contributed by atoms with Crippen molar-refractivity contribution >= 4 is 17.5 Å². The summed E-state index contributed by atoms with van der Waals surface area (Å²) in [5, 5.41) is 5.34. The summed E-state index contributed by atoms with van der Waals surface area (Å²) in [6.07, 6.45) is 6.84. The van der Waals surface area contributed by atoms with Crippen LogP contribution in [-0.4, -0.2) is 34.4 Å². The molecule has 2 aromatic heterocycles. The molecule has 0 atom stereocenters. The van der Waals surface area contributed by atoms with Crippen LogP contribution in [0.1, 0.15) is 19.4 Å². The molecule has 0 aliphatic rings. The number of oxazole rings is 1. The molecule has 0 saturated carbocycles. The minimum Gasteiger partial charge on any atom is -0.496 e. The van der Waals surface area contributed by atoms with Crippen molar-refractivity contribution in [1.29, 1.82) is 0 Å². The Bertz CT molecular complexity index is 985. The van der Waals surface area contributed by atoms with Crippen molar-refractivity contribution in [3.05, 3.63) is 60.9 Å². The summed E-state index contributed by atoms with van der Waals surface area (Å²) in [6, 6.07) is 8.74. The van der Waals surface area contributed by atoms with Gasteiger partial charge in [0.25, 0.3) is 0 Å². The maximum atomic E-state index is 12.4. The summed E-state index contributed by atoms with van der Waals surface area (Å²) in [7, 11) is 1.51. The third-order valence-electron chi connectivity index (χ3n) is 4.18. The molecule has 0 unspecified atom stereocenters. The average molecular weight is 394 g/mol. The fourth-order valence-corrected chi connectivity index (χ4v) is 2.93. The molecule has 2 heterocycles. The zero-order chi connectivity index (χ0) is 20.9. The Hall–Kier alpha value is -3.68. The molecule has 2 N–H and O–H groups in total. The lowest BCUT2D eigenvalue weighted by Gasteiger charge is -2.26. The first-order valence-electron chi connectivity index (χ1n) is 8.97. The molecule has 0 saturated heterocycles. The summed E-state index contributed by atoms with van der Waals surface area (Å²) in [4.78, 5) is 32.7. The predicted molar refractivity (Wildman–Crippen MR) is 107 cm³/mol. The van der Waals surface area contributed by atoms with Crippen molar-refractivity contribution < 1.29 is 18.7 Å². The largest absolute Gasteiger partial charge is 0.496 e. The van der Waals surface area contributed by atoms with E-state index in [1.807, 2.05) is 26.0 Å². The molecule has 29 heavy (non-hydrogen) atoms. The van der Waals surface area contributed by atoms with E-state index in [-0.39, 0.29) is 0 Å². The molecular weight excluding hydrogens is 372 g/mol. The van der Waals surface area contributed by atoms with E-state index in [2.05, 4.69) is 20.6 Å². The highest BCUT2D eigenvalue weighted by atomic mass is 16.5. The molecule has 0 fully saturated rings. The van der Waals surface area contributed by atoms with Gasteiger partial charge in [0.15, 0.2) is 12.2 Å². The number of carbonyl (C=O) groups excluding carboxylic acids is 2. The van der Waals surface area contributed by atoms with Gasteiger partial charge in [-0.05, 0) is 44.0 Å². The number of hydrogen-bond donors (Lipinski definition) is 2. The van der Waals surface area contributed by atoms with Crippen molar-refractivity contribution in [2.24, 2.45) is 0 Å². The molecular formula is C21H22N4O4. The van der Waals surface area contributed by atoms with Crippen LogP contribution in [0.15, 0.2) is 59.7 Å². The summed E-state index contributed by atoms with van der Waals surface area (Å²) in [5.74, 6) is -0.470. The Morgan fingerprint density at radius 2 is 1.97 bits per heavy atom. The van der Waals surface area contributed by atoms with Gasteiger partial charge in [-0.2, -0.15) is 0 Å². The maximum Gasteiger partial charge on any atom is 0.313 e. The van der Waals surface area contributed by atoms with E-state index in [0.29, 0.717) is 29.2 Å². The number of benzene rings is 1. The number of carbonyl (C=O) groups is 2. The summed E-state index contributed by atoms with van der Waals surface area (Å²) in [5.41, 5.74) is 1.46. The van der Waals surface area contributed by atoms with E-state index in [1.165, 1.54) is 13.5 Å². The van der Waals surface area contributed by atoms with Crippen LogP contribution in [0.4, 0.5) is 5.69 Å². The summed E-state index contributed by atoms with van der Waals surface area (Å²) in [6.45, 7) is 3.70. The van der Waals surface area contributed by atoms with Crippen molar-refractivity contribution in [2.75, 3.05) is 12.4 Å². The Kier molecular flexibility index (Phi) is 5.92. The molecule has 1 aromatic carbocycles. The normalized spacial score (nSPS) is 11.0. The van der Waals surface area contributed by atoms with Gasteiger partial charge in [-0.3, -0.25) is 14.6 Å². The van der Waals surface area contributed by atoms with Crippen LogP contribution in [0.3, 0.4) is 0 Å². The van der Waals surface area contributed by atoms with Crippen LogP contribution < -0.4 is 15.4 Å². The molecule has 2 amide bonds. The van der Waals surface area contributed by atoms with Crippen LogP contribution in [0, 0.1) is 0 Å². The van der Waals surface area contributed by atoms with Crippen LogP contribution in [-0.2, 0) is 16.0 Å². The number of aromatic nitrogens is 2. The van der Waals surface area contributed by atoms with Gasteiger partial charge in [-0.1, -0.05) is 6.07 Å². The first-order valence-corrected chi connectivity index (χ1v) is 8.97. The van der Waals surface area contributed by atoms with E-state index < -0.39 is 17.4 Å². The Balaban J connectivity index is 1.65. The maximum absolute atomic E-state index is 12.4. The molecule has 0 aliphatic heterocycles. The quantitative estimate of drug-likeness (QED) is 0.623. The van der Waals surface area contributed by atoms with Crippen molar-refractivity contribution in [3.8, 4) is 17.1 Å². The second kappa shape index (κ2) is 8.55. The molecule has 3 rings (SSSR count). The predicted octanol–water partition coefficient (Wildman–Crippen LogP) is 2.82. The minimum atomic E-state index is -0.765. The number of hydrogen-bond acceptors (Lipinski definition) is 6. The Morgan fingerprint density at radius 3 is 2.62 bits per heavy atom. The number of methoxy groups -OCH3 is 1. The fourth-order valence-electron chi connectivity index (χ4n) is 2.93. The minimum absolute atomic E-state index is 0.426. The lowest BCUT2D eigenvalue weighted by atomic mass is 9.96. The molecule has 0 aliphatic carbocycles. The summed E-state index contributed by atoms with van der Waals surface area (Å²) >= 11 is 0. The third kappa shape index (κ3) is 5.19. The van der Waals surface area contributed by atoms with Gasteiger partial charge in [0.05, 0.1) is 18.9 Å². The second-order valence-corrected chi connectivity index (χ2v) is 7.11. The molecule has 150 valence electrons. The zero-order valence-electron chi connectivity index (χ0n) is 16.4. The Morgan fingerprint density at radius 1 is 1.14 bits per heavy atom. The molecule has 8 nitrogen and oxygen atoms in total. The monoisotopic (exact) mass is 394 g/mol. The highest BCUT2D eigenvalue weighted by Gasteiger charge is 2.25. The lowest BCUT2D eigenvalue weighted by Crippen LogP contribution is -2.49. The highest BCUT2D eigenvalue weighted by Crippen LogP contribution is 2.32. The lowest BCUT2D eigenvalue weighted by molar-refractivity contribution is -0.137. The average Bonchev–Trinajstić information content (AvgIpc) is 3.22. The molecule has 0 radical (unpaired) electrons. The van der Waals surface area contributed by atoms with E-state index in [4.69, 9.17) is 9.15 Å². The topological polar surface area (TPSA) is 106 Å². The molecule has 0 bridgehead atoms. The number of amides is 2. The van der Waals surface area contributed by atoms with Gasteiger partial charge < -0.3 is 19.8 Å². The molecule has 3 aromatic rings. The van der Waals surface area contributed by atoms with Gasteiger partial charge >= 0.3 is 11.8 Å².